The molecule has 0 radical (unpaired) electrons. The SMILES string of the molecule is C=C(C)C1=C(C(=O)O)N2C(=O)[C@@H](NC(=O)[C@H](N)c3ccc(O)cc3)[C@H]2SC1. The van der Waals surface area contributed by atoms with Crippen molar-refractivity contribution in [1.29, 1.82) is 0 Å². The first-order chi connectivity index (χ1) is 12.7. The molecule has 8 nitrogen and oxygen atoms in total. The number of carboxylic acid groups (broad SMARTS) is 1. The number of hydrogen-bond donors (Lipinski definition) is 4. The number of nitrogens with two attached hydrogens (primary N) is 1. The summed E-state index contributed by atoms with van der Waals surface area (Å²) in [6, 6.07) is 4.02. The maximum atomic E-state index is 12.5. The van der Waals surface area contributed by atoms with Crippen molar-refractivity contribution < 1.29 is 24.6 Å². The molecule has 0 bridgehead atoms. The van der Waals surface area contributed by atoms with Gasteiger partial charge in [-0.1, -0.05) is 24.3 Å². The zero-order chi connectivity index (χ0) is 19.9. The van der Waals surface area contributed by atoms with Crippen LogP contribution in [0.5, 0.6) is 5.75 Å². The highest BCUT2D eigenvalue weighted by molar-refractivity contribution is 8.00. The van der Waals surface area contributed by atoms with Crippen molar-refractivity contribution in [3.8, 4) is 5.75 Å². The zero-order valence-electron chi connectivity index (χ0n) is 14.5. The Kier molecular flexibility index (Phi) is 4.99. The second-order valence-corrected chi connectivity index (χ2v) is 7.48. The molecule has 2 aliphatic rings. The van der Waals surface area contributed by atoms with Crippen molar-refractivity contribution in [2.24, 2.45) is 5.73 Å². The molecule has 0 aliphatic carbocycles. The van der Waals surface area contributed by atoms with Crippen molar-refractivity contribution in [3.63, 3.8) is 0 Å². The van der Waals surface area contributed by atoms with E-state index in [2.05, 4.69) is 11.9 Å². The number of aromatic hydroxyl groups is 1. The number of β-lactam (4-membered cyclic amide) rings is 1. The summed E-state index contributed by atoms with van der Waals surface area (Å²) in [4.78, 5) is 37.7. The fraction of sp³-hybridized carbons (Fsp3) is 0.278. The van der Waals surface area contributed by atoms with E-state index in [9.17, 15) is 24.6 Å². The second kappa shape index (κ2) is 7.09. The van der Waals surface area contributed by atoms with Crippen LogP contribution >= 0.6 is 11.8 Å². The number of hydrogen-bond acceptors (Lipinski definition) is 6. The lowest BCUT2D eigenvalue weighted by Crippen LogP contribution is -2.71. The minimum atomic E-state index is -1.20. The summed E-state index contributed by atoms with van der Waals surface area (Å²) in [5.41, 5.74) is 7.44. The van der Waals surface area contributed by atoms with Crippen molar-refractivity contribution in [2.75, 3.05) is 5.75 Å². The van der Waals surface area contributed by atoms with Gasteiger partial charge in [-0.2, -0.15) is 0 Å². The van der Waals surface area contributed by atoms with Crippen LogP contribution in [0.15, 0.2) is 47.7 Å². The number of aliphatic carboxylic acids is 1. The first-order valence-electron chi connectivity index (χ1n) is 8.14. The molecule has 0 spiro atoms. The average Bonchev–Trinajstić information content (AvgIpc) is 2.64. The lowest BCUT2D eigenvalue weighted by atomic mass is 9.99. The van der Waals surface area contributed by atoms with Crippen LogP contribution in [0.3, 0.4) is 0 Å². The summed E-state index contributed by atoms with van der Waals surface area (Å²) in [5, 5.41) is 20.9. The summed E-state index contributed by atoms with van der Waals surface area (Å²) < 4.78 is 0. The smallest absolute Gasteiger partial charge is 0.352 e. The molecular weight excluding hydrogens is 370 g/mol. The zero-order valence-corrected chi connectivity index (χ0v) is 15.3. The Balaban J connectivity index is 1.75. The monoisotopic (exact) mass is 389 g/mol. The molecule has 2 amide bonds. The van der Waals surface area contributed by atoms with Gasteiger partial charge < -0.3 is 21.3 Å². The molecule has 3 rings (SSSR count). The molecule has 27 heavy (non-hydrogen) atoms. The van der Waals surface area contributed by atoms with Gasteiger partial charge in [-0.15, -0.1) is 11.8 Å². The van der Waals surface area contributed by atoms with Gasteiger partial charge in [0.15, 0.2) is 0 Å². The number of phenols is 1. The molecule has 2 heterocycles. The molecule has 9 heteroatoms. The number of carboxylic acids is 1. The van der Waals surface area contributed by atoms with E-state index < -0.39 is 35.2 Å². The summed E-state index contributed by atoms with van der Waals surface area (Å²) in [6.07, 6.45) is 0. The molecule has 5 N–H and O–H groups in total. The van der Waals surface area contributed by atoms with Crippen molar-refractivity contribution in [1.82, 2.24) is 10.2 Å². The Morgan fingerprint density at radius 1 is 1.37 bits per heavy atom. The maximum Gasteiger partial charge on any atom is 0.352 e. The van der Waals surface area contributed by atoms with Crippen LogP contribution in [0.2, 0.25) is 0 Å². The largest absolute Gasteiger partial charge is 0.508 e. The van der Waals surface area contributed by atoms with E-state index in [-0.39, 0.29) is 11.4 Å². The predicted molar refractivity (Wildman–Crippen MR) is 99.5 cm³/mol. The third kappa shape index (κ3) is 3.31. The molecule has 0 saturated carbocycles. The number of fused-ring (bicyclic) bond motifs is 1. The van der Waals surface area contributed by atoms with Gasteiger partial charge in [-0.25, -0.2) is 4.79 Å². The van der Waals surface area contributed by atoms with Crippen LogP contribution in [-0.4, -0.2) is 50.1 Å². The molecule has 2 aliphatic heterocycles. The third-order valence-electron chi connectivity index (χ3n) is 4.52. The Bertz CT molecular complexity index is 864. The van der Waals surface area contributed by atoms with Gasteiger partial charge >= 0.3 is 5.97 Å². The number of carbonyl (C=O) groups is 3. The maximum absolute atomic E-state index is 12.5. The van der Waals surface area contributed by atoms with E-state index in [1.54, 1.807) is 6.92 Å². The highest BCUT2D eigenvalue weighted by Gasteiger charge is 2.54. The van der Waals surface area contributed by atoms with Crippen molar-refractivity contribution in [3.05, 3.63) is 53.3 Å². The minimum Gasteiger partial charge on any atom is -0.508 e. The molecule has 1 aromatic carbocycles. The number of thioether (sulfide) groups is 1. The Morgan fingerprint density at radius 3 is 2.56 bits per heavy atom. The van der Waals surface area contributed by atoms with Gasteiger partial charge in [0, 0.05) is 5.75 Å². The van der Waals surface area contributed by atoms with Gasteiger partial charge in [0.1, 0.15) is 28.9 Å². The summed E-state index contributed by atoms with van der Waals surface area (Å²) in [6.45, 7) is 5.47. The lowest BCUT2D eigenvalue weighted by Gasteiger charge is -2.49. The van der Waals surface area contributed by atoms with E-state index in [4.69, 9.17) is 5.73 Å². The first-order valence-corrected chi connectivity index (χ1v) is 9.19. The normalized spacial score (nSPS) is 22.6. The number of amides is 2. The Labute approximate surface area is 159 Å². The summed E-state index contributed by atoms with van der Waals surface area (Å²) in [7, 11) is 0. The third-order valence-corrected chi connectivity index (χ3v) is 5.80. The number of nitrogens with one attached hydrogen (secondary N) is 1. The number of benzene rings is 1. The molecule has 0 aromatic heterocycles. The summed E-state index contributed by atoms with van der Waals surface area (Å²) >= 11 is 1.37. The van der Waals surface area contributed by atoms with Crippen molar-refractivity contribution >= 4 is 29.5 Å². The van der Waals surface area contributed by atoms with Crippen LogP contribution in [-0.2, 0) is 14.4 Å². The minimum absolute atomic E-state index is 0.0519. The number of allylic oxidation sites excluding steroid dienone is 1. The van der Waals surface area contributed by atoms with Crippen LogP contribution in [0.25, 0.3) is 0 Å². The number of phenolic OH excluding ortho intramolecular Hbond substituents is 1. The van der Waals surface area contributed by atoms with Crippen LogP contribution in [0.1, 0.15) is 18.5 Å². The predicted octanol–water partition coefficient (Wildman–Crippen LogP) is 0.707. The second-order valence-electron chi connectivity index (χ2n) is 6.38. The van der Waals surface area contributed by atoms with Gasteiger partial charge in [0.05, 0.1) is 0 Å². The van der Waals surface area contributed by atoms with E-state index in [1.807, 2.05) is 0 Å². The standard InChI is InChI=1S/C18H19N3O5S/c1-8(2)11-7-27-17-13(16(24)21(17)14(11)18(25)26)20-15(23)12(19)9-3-5-10(22)6-4-9/h3-6,12-13,17,22H,1,7,19H2,2H3,(H,20,23)(H,25,26)/t12-,13-,17-/m1/s1. The van der Waals surface area contributed by atoms with Gasteiger partial charge in [0.25, 0.3) is 5.91 Å². The molecule has 1 fully saturated rings. The summed E-state index contributed by atoms with van der Waals surface area (Å²) in [5.74, 6) is -1.80. The van der Waals surface area contributed by atoms with Gasteiger partial charge in [-0.3, -0.25) is 14.5 Å². The highest BCUT2D eigenvalue weighted by atomic mass is 32.2. The fourth-order valence-electron chi connectivity index (χ4n) is 3.02. The molecule has 3 atom stereocenters. The van der Waals surface area contributed by atoms with Crippen LogP contribution in [0, 0.1) is 0 Å². The molecule has 0 unspecified atom stereocenters. The van der Waals surface area contributed by atoms with Gasteiger partial charge in [0.2, 0.25) is 5.91 Å². The topological polar surface area (TPSA) is 133 Å². The molecule has 142 valence electrons. The first kappa shape index (κ1) is 19.0. The van der Waals surface area contributed by atoms with E-state index in [0.29, 0.717) is 22.5 Å². The van der Waals surface area contributed by atoms with E-state index in [0.717, 1.165) is 0 Å². The quantitative estimate of drug-likeness (QED) is 0.545. The average molecular weight is 389 g/mol. The molecule has 1 aromatic rings. The van der Waals surface area contributed by atoms with Gasteiger partial charge in [-0.05, 0) is 30.2 Å². The van der Waals surface area contributed by atoms with Crippen LogP contribution in [0.4, 0.5) is 0 Å². The number of carbonyl (C=O) groups excluding carboxylic acids is 2. The Morgan fingerprint density at radius 2 is 2.00 bits per heavy atom. The molecular formula is C18H19N3O5S. The lowest BCUT2D eigenvalue weighted by molar-refractivity contribution is -0.150. The van der Waals surface area contributed by atoms with Crippen LogP contribution < -0.4 is 11.1 Å². The fourth-order valence-corrected chi connectivity index (χ4v) is 4.48. The highest BCUT2D eigenvalue weighted by Crippen LogP contribution is 2.41. The van der Waals surface area contributed by atoms with Crippen molar-refractivity contribution in [2.45, 2.75) is 24.4 Å². The Hall–Kier alpha value is -2.78. The molecule has 1 saturated heterocycles. The van der Waals surface area contributed by atoms with E-state index in [1.165, 1.54) is 40.9 Å². The number of rotatable bonds is 5. The number of nitrogens with zero attached hydrogens (tertiary/aromatic N) is 1. The van der Waals surface area contributed by atoms with E-state index >= 15 is 0 Å².